The van der Waals surface area contributed by atoms with Crippen LogP contribution < -0.4 is 5.32 Å². The van der Waals surface area contributed by atoms with Gasteiger partial charge in [0.25, 0.3) is 0 Å². The molecule has 2 unspecified atom stereocenters. The molecule has 0 saturated heterocycles. The molecule has 0 radical (unpaired) electrons. The smallest absolute Gasteiger partial charge is 0.0746 e. The molecule has 2 atom stereocenters. The Morgan fingerprint density at radius 3 is 2.26 bits per heavy atom. The third-order valence-corrected chi connectivity index (χ3v) is 3.47. The van der Waals surface area contributed by atoms with E-state index in [2.05, 4.69) is 57.3 Å². The molecule has 1 rings (SSSR count). The molecule has 0 aliphatic heterocycles. The molecule has 0 bridgehead atoms. The minimum absolute atomic E-state index is 0.319. The zero-order valence-corrected chi connectivity index (χ0v) is 13.0. The van der Waals surface area contributed by atoms with Crippen LogP contribution in [-0.4, -0.2) is 17.3 Å². The molecule has 2 nitrogen and oxygen atoms in total. The summed E-state index contributed by atoms with van der Waals surface area (Å²) in [6.07, 6.45) is 1.85. The third kappa shape index (κ3) is 5.75. The van der Waals surface area contributed by atoms with Crippen molar-refractivity contribution in [3.8, 4) is 0 Å². The quantitative estimate of drug-likeness (QED) is 0.783. The van der Waals surface area contributed by atoms with Gasteiger partial charge < -0.3 is 10.4 Å². The summed E-state index contributed by atoms with van der Waals surface area (Å²) in [5.74, 6) is 0.510. The lowest BCUT2D eigenvalue weighted by Crippen LogP contribution is -2.40. The second-order valence-corrected chi connectivity index (χ2v) is 6.35. The Hall–Kier alpha value is -0.860. The maximum Gasteiger partial charge on any atom is 0.0746 e. The zero-order valence-electron chi connectivity index (χ0n) is 13.0. The van der Waals surface area contributed by atoms with Crippen LogP contribution in [0.1, 0.15) is 57.7 Å². The number of hydrogen-bond donors (Lipinski definition) is 2. The fourth-order valence-electron chi connectivity index (χ4n) is 2.59. The number of benzene rings is 1. The van der Waals surface area contributed by atoms with Gasteiger partial charge in [-0.15, -0.1) is 0 Å². The molecule has 0 aromatic heterocycles. The second-order valence-electron chi connectivity index (χ2n) is 6.35. The molecule has 0 fully saturated rings. The summed E-state index contributed by atoms with van der Waals surface area (Å²) in [7, 11) is 0. The lowest BCUT2D eigenvalue weighted by Gasteiger charge is -2.28. The first kappa shape index (κ1) is 16.2. The van der Waals surface area contributed by atoms with E-state index in [1.807, 2.05) is 6.92 Å². The molecule has 19 heavy (non-hydrogen) atoms. The molecule has 0 aliphatic carbocycles. The predicted octanol–water partition coefficient (Wildman–Crippen LogP) is 3.83. The van der Waals surface area contributed by atoms with Crippen LogP contribution in [0.4, 0.5) is 0 Å². The van der Waals surface area contributed by atoms with E-state index in [1.165, 1.54) is 11.1 Å². The van der Waals surface area contributed by atoms with E-state index in [9.17, 15) is 5.11 Å². The molecule has 0 aliphatic rings. The summed E-state index contributed by atoms with van der Waals surface area (Å²) >= 11 is 0. The van der Waals surface area contributed by atoms with E-state index in [0.717, 1.165) is 12.8 Å². The molecule has 2 N–H and O–H groups in total. The van der Waals surface area contributed by atoms with Gasteiger partial charge in [-0.3, -0.25) is 0 Å². The maximum atomic E-state index is 10.4. The van der Waals surface area contributed by atoms with Crippen LogP contribution in [0.15, 0.2) is 24.3 Å². The van der Waals surface area contributed by atoms with Gasteiger partial charge in [-0.25, -0.2) is 0 Å². The molecule has 0 amide bonds. The van der Waals surface area contributed by atoms with Crippen molar-refractivity contribution in [3.05, 3.63) is 35.4 Å². The van der Waals surface area contributed by atoms with Gasteiger partial charge in [-0.1, -0.05) is 50.6 Å². The Balaban J connectivity index is 2.60. The number of aryl methyl sites for hydroxylation is 1. The van der Waals surface area contributed by atoms with E-state index in [4.69, 9.17) is 0 Å². The normalized spacial score (nSPS) is 16.4. The lowest BCUT2D eigenvalue weighted by molar-refractivity contribution is 0.0357. The van der Waals surface area contributed by atoms with E-state index in [-0.39, 0.29) is 0 Å². The highest BCUT2D eigenvalue weighted by Gasteiger charge is 2.23. The van der Waals surface area contributed by atoms with Crippen LogP contribution in [0.3, 0.4) is 0 Å². The van der Waals surface area contributed by atoms with Crippen LogP contribution in [-0.2, 0) is 0 Å². The summed E-state index contributed by atoms with van der Waals surface area (Å²) in [5, 5.41) is 13.9. The molecule has 0 saturated carbocycles. The molecule has 2 heteroatoms. The first-order valence-electron chi connectivity index (χ1n) is 7.36. The van der Waals surface area contributed by atoms with Gasteiger partial charge in [-0.05, 0) is 38.2 Å². The van der Waals surface area contributed by atoms with Gasteiger partial charge in [0, 0.05) is 12.6 Å². The van der Waals surface area contributed by atoms with Crippen molar-refractivity contribution in [2.75, 3.05) is 6.54 Å². The molecule has 0 spiro atoms. The molecule has 1 aromatic carbocycles. The summed E-state index contributed by atoms with van der Waals surface area (Å²) in [6.45, 7) is 11.1. The molecule has 108 valence electrons. The van der Waals surface area contributed by atoms with Crippen LogP contribution >= 0.6 is 0 Å². The van der Waals surface area contributed by atoms with Crippen LogP contribution in [0.25, 0.3) is 0 Å². The number of nitrogens with one attached hydrogen (secondary N) is 1. The number of aliphatic hydroxyl groups is 1. The molecule has 0 heterocycles. The average molecular weight is 263 g/mol. The fraction of sp³-hybridized carbons (Fsp3) is 0.647. The standard InChI is InChI=1S/C17H29NO/c1-6-16(15-9-7-14(4)8-10-15)18-12-17(5,19)11-13(2)3/h7-10,13,16,18-19H,6,11-12H2,1-5H3. The van der Waals surface area contributed by atoms with Crippen molar-refractivity contribution in [3.63, 3.8) is 0 Å². The maximum absolute atomic E-state index is 10.4. The van der Waals surface area contributed by atoms with E-state index in [1.54, 1.807) is 0 Å². The van der Waals surface area contributed by atoms with Crippen LogP contribution in [0.5, 0.6) is 0 Å². The summed E-state index contributed by atoms with van der Waals surface area (Å²) in [4.78, 5) is 0. The van der Waals surface area contributed by atoms with Gasteiger partial charge in [0.1, 0.15) is 0 Å². The Morgan fingerprint density at radius 1 is 1.21 bits per heavy atom. The van der Waals surface area contributed by atoms with Crippen molar-refractivity contribution in [2.24, 2.45) is 5.92 Å². The lowest BCUT2D eigenvalue weighted by atomic mass is 9.93. The summed E-state index contributed by atoms with van der Waals surface area (Å²) < 4.78 is 0. The minimum atomic E-state index is -0.633. The Morgan fingerprint density at radius 2 is 1.79 bits per heavy atom. The largest absolute Gasteiger partial charge is 0.389 e. The number of rotatable bonds is 7. The Labute approximate surface area is 118 Å². The molecular formula is C17H29NO. The Bertz CT molecular complexity index is 367. The summed E-state index contributed by atoms with van der Waals surface area (Å²) in [5.41, 5.74) is 1.95. The van der Waals surface area contributed by atoms with Crippen LogP contribution in [0.2, 0.25) is 0 Å². The first-order valence-corrected chi connectivity index (χ1v) is 7.36. The minimum Gasteiger partial charge on any atom is -0.389 e. The summed E-state index contributed by atoms with van der Waals surface area (Å²) in [6, 6.07) is 8.96. The highest BCUT2D eigenvalue weighted by atomic mass is 16.3. The monoisotopic (exact) mass is 263 g/mol. The van der Waals surface area contributed by atoms with Gasteiger partial charge in [-0.2, -0.15) is 0 Å². The van der Waals surface area contributed by atoms with Gasteiger partial charge >= 0.3 is 0 Å². The van der Waals surface area contributed by atoms with Crippen molar-refractivity contribution >= 4 is 0 Å². The fourth-order valence-corrected chi connectivity index (χ4v) is 2.59. The predicted molar refractivity (Wildman–Crippen MR) is 82.3 cm³/mol. The highest BCUT2D eigenvalue weighted by Crippen LogP contribution is 2.20. The van der Waals surface area contributed by atoms with Crippen molar-refractivity contribution in [1.82, 2.24) is 5.32 Å². The third-order valence-electron chi connectivity index (χ3n) is 3.47. The van der Waals surface area contributed by atoms with Gasteiger partial charge in [0.15, 0.2) is 0 Å². The Kier molecular flexibility index (Phi) is 6.02. The first-order chi connectivity index (χ1) is 8.84. The zero-order chi connectivity index (χ0) is 14.5. The van der Waals surface area contributed by atoms with E-state index < -0.39 is 5.60 Å². The van der Waals surface area contributed by atoms with Crippen molar-refractivity contribution in [2.45, 2.75) is 59.1 Å². The highest BCUT2D eigenvalue weighted by molar-refractivity contribution is 5.24. The van der Waals surface area contributed by atoms with Crippen LogP contribution in [0, 0.1) is 12.8 Å². The van der Waals surface area contributed by atoms with E-state index in [0.29, 0.717) is 18.5 Å². The van der Waals surface area contributed by atoms with Gasteiger partial charge in [0.2, 0.25) is 0 Å². The van der Waals surface area contributed by atoms with E-state index >= 15 is 0 Å². The van der Waals surface area contributed by atoms with Crippen molar-refractivity contribution in [1.29, 1.82) is 0 Å². The average Bonchev–Trinajstić information content (AvgIpc) is 2.30. The molecule has 1 aromatic rings. The second kappa shape index (κ2) is 7.06. The topological polar surface area (TPSA) is 32.3 Å². The molecular weight excluding hydrogens is 234 g/mol. The number of hydrogen-bond acceptors (Lipinski definition) is 2. The van der Waals surface area contributed by atoms with Gasteiger partial charge in [0.05, 0.1) is 5.60 Å². The van der Waals surface area contributed by atoms with Crippen molar-refractivity contribution < 1.29 is 5.11 Å². The SMILES string of the molecule is CCC(NCC(C)(O)CC(C)C)c1ccc(C)cc1.